The van der Waals surface area contributed by atoms with Gasteiger partial charge in [-0.3, -0.25) is 11.3 Å². The molecular weight excluding hydrogens is 176 g/mol. The van der Waals surface area contributed by atoms with Crippen molar-refractivity contribution in [2.24, 2.45) is 12.9 Å². The van der Waals surface area contributed by atoms with E-state index in [1.165, 1.54) is 19.3 Å². The fourth-order valence-corrected chi connectivity index (χ4v) is 1.62. The van der Waals surface area contributed by atoms with Crippen molar-refractivity contribution in [1.29, 1.82) is 0 Å². The number of hydrogen-bond donors (Lipinski definition) is 2. The third-order valence-corrected chi connectivity index (χ3v) is 2.51. The molecule has 0 fully saturated rings. The lowest BCUT2D eigenvalue weighted by molar-refractivity contribution is 0.466. The third kappa shape index (κ3) is 2.82. The van der Waals surface area contributed by atoms with Crippen LogP contribution in [0, 0.1) is 0 Å². The van der Waals surface area contributed by atoms with E-state index in [1.54, 1.807) is 6.33 Å². The van der Waals surface area contributed by atoms with Crippen molar-refractivity contribution < 1.29 is 0 Å². The van der Waals surface area contributed by atoms with Crippen LogP contribution in [0.3, 0.4) is 0 Å². The Balaban J connectivity index is 2.50. The molecular formula is C10H20N4. The molecule has 4 nitrogen and oxygen atoms in total. The second kappa shape index (κ2) is 5.78. The first kappa shape index (κ1) is 11.2. The summed E-state index contributed by atoms with van der Waals surface area (Å²) < 4.78 is 2.01. The third-order valence-electron chi connectivity index (χ3n) is 2.51. The Morgan fingerprint density at radius 2 is 2.36 bits per heavy atom. The molecule has 1 rings (SSSR count). The van der Waals surface area contributed by atoms with Gasteiger partial charge in [0.05, 0.1) is 18.1 Å². The average molecular weight is 196 g/mol. The van der Waals surface area contributed by atoms with Gasteiger partial charge in [-0.15, -0.1) is 0 Å². The van der Waals surface area contributed by atoms with Gasteiger partial charge in [0.1, 0.15) is 0 Å². The number of unbranched alkanes of at least 4 members (excludes halogenated alkanes) is 2. The van der Waals surface area contributed by atoms with Crippen molar-refractivity contribution in [3.8, 4) is 0 Å². The van der Waals surface area contributed by atoms with Gasteiger partial charge < -0.3 is 4.57 Å². The molecule has 14 heavy (non-hydrogen) atoms. The fourth-order valence-electron chi connectivity index (χ4n) is 1.62. The molecule has 4 heteroatoms. The number of imidazole rings is 1. The van der Waals surface area contributed by atoms with Gasteiger partial charge in [0.2, 0.25) is 0 Å². The predicted molar refractivity (Wildman–Crippen MR) is 57.4 cm³/mol. The first-order valence-corrected chi connectivity index (χ1v) is 5.22. The summed E-state index contributed by atoms with van der Waals surface area (Å²) in [6.45, 7) is 2.20. The Labute approximate surface area is 85.5 Å². The van der Waals surface area contributed by atoms with Crippen molar-refractivity contribution in [3.05, 3.63) is 18.2 Å². The minimum Gasteiger partial charge on any atom is -0.336 e. The number of hydrazine groups is 1. The lowest BCUT2D eigenvalue weighted by Crippen LogP contribution is -2.29. The molecule has 3 N–H and O–H groups in total. The second-order valence-electron chi connectivity index (χ2n) is 3.64. The van der Waals surface area contributed by atoms with Crippen molar-refractivity contribution in [3.63, 3.8) is 0 Å². The highest BCUT2D eigenvalue weighted by atomic mass is 15.2. The molecule has 0 radical (unpaired) electrons. The smallest absolute Gasteiger partial charge is 0.0946 e. The van der Waals surface area contributed by atoms with Gasteiger partial charge in [0, 0.05) is 13.2 Å². The number of hydrogen-bond acceptors (Lipinski definition) is 3. The van der Waals surface area contributed by atoms with Gasteiger partial charge in [-0.2, -0.15) is 0 Å². The lowest BCUT2D eigenvalue weighted by atomic mass is 10.1. The highest BCUT2D eigenvalue weighted by molar-refractivity contribution is 5.04. The monoisotopic (exact) mass is 196 g/mol. The fraction of sp³-hybridized carbons (Fsp3) is 0.700. The van der Waals surface area contributed by atoms with Crippen molar-refractivity contribution in [1.82, 2.24) is 15.0 Å². The number of nitrogens with zero attached hydrogens (tertiary/aromatic N) is 2. The zero-order chi connectivity index (χ0) is 10.4. The highest BCUT2D eigenvalue weighted by Gasteiger charge is 2.11. The molecule has 0 aliphatic heterocycles. The van der Waals surface area contributed by atoms with Crippen LogP contribution in [0.2, 0.25) is 0 Å². The summed E-state index contributed by atoms with van der Waals surface area (Å²) in [7, 11) is 1.99. The maximum absolute atomic E-state index is 5.52. The summed E-state index contributed by atoms with van der Waals surface area (Å²) in [5, 5.41) is 0. The Hall–Kier alpha value is -0.870. The van der Waals surface area contributed by atoms with Crippen LogP contribution in [0.1, 0.15) is 44.3 Å². The van der Waals surface area contributed by atoms with Gasteiger partial charge >= 0.3 is 0 Å². The van der Waals surface area contributed by atoms with Crippen LogP contribution in [0.5, 0.6) is 0 Å². The number of rotatable bonds is 6. The van der Waals surface area contributed by atoms with E-state index >= 15 is 0 Å². The van der Waals surface area contributed by atoms with E-state index in [0.29, 0.717) is 0 Å². The molecule has 0 spiro atoms. The van der Waals surface area contributed by atoms with E-state index in [-0.39, 0.29) is 6.04 Å². The molecule has 1 aromatic heterocycles. The summed E-state index contributed by atoms with van der Waals surface area (Å²) in [5.41, 5.74) is 4.00. The zero-order valence-corrected chi connectivity index (χ0v) is 9.03. The minimum atomic E-state index is 0.231. The number of nitrogens with one attached hydrogen (secondary N) is 1. The standard InChI is InChI=1S/C10H20N4/c1-3-4-5-6-9(13-11)10-7-12-8-14(10)2/h7-9,13H,3-6,11H2,1-2H3. The summed E-state index contributed by atoms with van der Waals surface area (Å²) in [6, 6.07) is 0.231. The highest BCUT2D eigenvalue weighted by Crippen LogP contribution is 2.17. The molecule has 1 aromatic rings. The van der Waals surface area contributed by atoms with Gasteiger partial charge in [-0.1, -0.05) is 26.2 Å². The molecule has 0 aliphatic carbocycles. The molecule has 80 valence electrons. The van der Waals surface area contributed by atoms with Crippen LogP contribution in [-0.4, -0.2) is 9.55 Å². The van der Waals surface area contributed by atoms with Gasteiger partial charge in [0.15, 0.2) is 0 Å². The van der Waals surface area contributed by atoms with E-state index in [2.05, 4.69) is 17.3 Å². The van der Waals surface area contributed by atoms with E-state index in [9.17, 15) is 0 Å². The average Bonchev–Trinajstić information content (AvgIpc) is 2.60. The number of nitrogens with two attached hydrogens (primary N) is 1. The molecule has 0 amide bonds. The van der Waals surface area contributed by atoms with Crippen molar-refractivity contribution in [2.45, 2.75) is 38.6 Å². The first-order chi connectivity index (χ1) is 6.79. The van der Waals surface area contributed by atoms with Crippen LogP contribution in [0.15, 0.2) is 12.5 Å². The molecule has 0 aliphatic rings. The maximum atomic E-state index is 5.52. The topological polar surface area (TPSA) is 55.9 Å². The molecule has 1 atom stereocenters. The Kier molecular flexibility index (Phi) is 4.62. The van der Waals surface area contributed by atoms with E-state index in [4.69, 9.17) is 5.84 Å². The molecule has 0 saturated heterocycles. The zero-order valence-electron chi connectivity index (χ0n) is 9.03. The van der Waals surface area contributed by atoms with Crippen LogP contribution in [0.4, 0.5) is 0 Å². The van der Waals surface area contributed by atoms with Gasteiger partial charge in [-0.25, -0.2) is 4.98 Å². The van der Waals surface area contributed by atoms with Crippen LogP contribution in [-0.2, 0) is 7.05 Å². The second-order valence-corrected chi connectivity index (χ2v) is 3.64. The first-order valence-electron chi connectivity index (χ1n) is 5.22. The summed E-state index contributed by atoms with van der Waals surface area (Å²) >= 11 is 0. The Morgan fingerprint density at radius 3 is 2.86 bits per heavy atom. The minimum absolute atomic E-state index is 0.231. The Bertz CT molecular complexity index is 256. The SMILES string of the molecule is CCCCCC(NN)c1cncn1C. The summed E-state index contributed by atoms with van der Waals surface area (Å²) in [5.74, 6) is 5.52. The van der Waals surface area contributed by atoms with Crippen LogP contribution < -0.4 is 11.3 Å². The van der Waals surface area contributed by atoms with E-state index in [1.807, 2.05) is 17.8 Å². The Morgan fingerprint density at radius 1 is 1.57 bits per heavy atom. The number of aromatic nitrogens is 2. The van der Waals surface area contributed by atoms with E-state index < -0.39 is 0 Å². The molecule has 1 unspecified atom stereocenters. The normalized spacial score (nSPS) is 13.1. The maximum Gasteiger partial charge on any atom is 0.0946 e. The largest absolute Gasteiger partial charge is 0.336 e. The summed E-state index contributed by atoms with van der Waals surface area (Å²) in [6.07, 6.45) is 8.45. The van der Waals surface area contributed by atoms with Crippen LogP contribution >= 0.6 is 0 Å². The molecule has 0 aromatic carbocycles. The van der Waals surface area contributed by atoms with Crippen molar-refractivity contribution in [2.75, 3.05) is 0 Å². The summed E-state index contributed by atoms with van der Waals surface area (Å²) in [4.78, 5) is 4.09. The van der Waals surface area contributed by atoms with Crippen LogP contribution in [0.25, 0.3) is 0 Å². The lowest BCUT2D eigenvalue weighted by Gasteiger charge is -2.15. The number of aryl methyl sites for hydroxylation is 1. The quantitative estimate of drug-likeness (QED) is 0.412. The molecule has 1 heterocycles. The van der Waals surface area contributed by atoms with Crippen molar-refractivity contribution >= 4 is 0 Å². The van der Waals surface area contributed by atoms with E-state index in [0.717, 1.165) is 12.1 Å². The molecule has 0 saturated carbocycles. The van der Waals surface area contributed by atoms with Gasteiger partial charge in [-0.05, 0) is 6.42 Å². The van der Waals surface area contributed by atoms with Gasteiger partial charge in [0.25, 0.3) is 0 Å². The predicted octanol–water partition coefficient (Wildman–Crippen LogP) is 1.50. The molecule has 0 bridgehead atoms.